The van der Waals surface area contributed by atoms with E-state index >= 15 is 0 Å². The fraction of sp³-hybridized carbons (Fsp3) is 0.429. The van der Waals surface area contributed by atoms with E-state index in [0.29, 0.717) is 24.8 Å². The van der Waals surface area contributed by atoms with E-state index in [0.717, 1.165) is 26.1 Å². The van der Waals surface area contributed by atoms with Crippen LogP contribution in [0.1, 0.15) is 29.9 Å². The van der Waals surface area contributed by atoms with Crippen molar-refractivity contribution in [2.45, 2.75) is 25.8 Å². The van der Waals surface area contributed by atoms with Gasteiger partial charge in [-0.2, -0.15) is 0 Å². The molecule has 28 heavy (non-hydrogen) atoms. The molecule has 3 heterocycles. The van der Waals surface area contributed by atoms with Crippen LogP contribution in [-0.4, -0.2) is 42.9 Å². The first kappa shape index (κ1) is 20.4. The van der Waals surface area contributed by atoms with Crippen molar-refractivity contribution in [3.63, 3.8) is 0 Å². The van der Waals surface area contributed by atoms with E-state index in [1.807, 2.05) is 0 Å². The van der Waals surface area contributed by atoms with Crippen LogP contribution >= 0.6 is 11.3 Å². The lowest BCUT2D eigenvalue weighted by molar-refractivity contribution is -0.121. The van der Waals surface area contributed by atoms with E-state index in [9.17, 15) is 9.59 Å². The molecule has 0 radical (unpaired) electrons. The van der Waals surface area contributed by atoms with Gasteiger partial charge in [-0.15, -0.1) is 11.3 Å². The summed E-state index contributed by atoms with van der Waals surface area (Å²) < 4.78 is 5.12. The molecule has 2 aromatic rings. The van der Waals surface area contributed by atoms with Crippen LogP contribution in [0.15, 0.2) is 46.4 Å². The Morgan fingerprint density at radius 1 is 1.29 bits per heavy atom. The summed E-state index contributed by atoms with van der Waals surface area (Å²) in [7, 11) is 0. The number of hydrogen-bond donors (Lipinski definition) is 2. The van der Waals surface area contributed by atoms with Gasteiger partial charge in [-0.1, -0.05) is 6.07 Å². The Bertz CT molecular complexity index is 756. The van der Waals surface area contributed by atoms with Crippen LogP contribution in [0.5, 0.6) is 0 Å². The van der Waals surface area contributed by atoms with Crippen LogP contribution < -0.4 is 10.6 Å². The Kier molecular flexibility index (Phi) is 7.87. The molecule has 1 unspecified atom stereocenters. The van der Waals surface area contributed by atoms with Gasteiger partial charge in [0.2, 0.25) is 11.8 Å². The molecule has 3 rings (SSSR count). The molecule has 0 spiro atoms. The van der Waals surface area contributed by atoms with Gasteiger partial charge in [0.05, 0.1) is 6.26 Å². The molecule has 6 nitrogen and oxygen atoms in total. The minimum Gasteiger partial charge on any atom is -0.465 e. The van der Waals surface area contributed by atoms with Crippen molar-refractivity contribution in [2.75, 3.05) is 26.2 Å². The maximum atomic E-state index is 12.0. The molecule has 2 N–H and O–H groups in total. The van der Waals surface area contributed by atoms with Crippen LogP contribution in [0.4, 0.5) is 0 Å². The fourth-order valence-corrected chi connectivity index (χ4v) is 4.08. The zero-order valence-electron chi connectivity index (χ0n) is 15.9. The van der Waals surface area contributed by atoms with Gasteiger partial charge in [0, 0.05) is 43.6 Å². The third-order valence-electron chi connectivity index (χ3n) is 4.74. The van der Waals surface area contributed by atoms with Gasteiger partial charge in [0.25, 0.3) is 0 Å². The summed E-state index contributed by atoms with van der Waals surface area (Å²) in [4.78, 5) is 27.6. The molecule has 0 aliphatic carbocycles. The third-order valence-corrected chi connectivity index (χ3v) is 5.61. The highest BCUT2D eigenvalue weighted by atomic mass is 32.1. The first-order chi connectivity index (χ1) is 13.7. The summed E-state index contributed by atoms with van der Waals surface area (Å²) in [6.07, 6.45) is 7.16. The summed E-state index contributed by atoms with van der Waals surface area (Å²) in [5.41, 5.74) is 0. The zero-order valence-corrected chi connectivity index (χ0v) is 16.7. The quantitative estimate of drug-likeness (QED) is 0.634. The van der Waals surface area contributed by atoms with Gasteiger partial charge in [0.1, 0.15) is 5.76 Å². The Morgan fingerprint density at radius 2 is 2.21 bits per heavy atom. The Labute approximate surface area is 169 Å². The van der Waals surface area contributed by atoms with Crippen LogP contribution in [0, 0.1) is 5.92 Å². The molecule has 1 aliphatic rings. The molecule has 0 bridgehead atoms. The van der Waals surface area contributed by atoms with E-state index in [2.05, 4.69) is 33.0 Å². The number of nitrogens with zero attached hydrogens (tertiary/aromatic N) is 1. The molecule has 2 aromatic heterocycles. The summed E-state index contributed by atoms with van der Waals surface area (Å²) in [6, 6.07) is 7.79. The van der Waals surface area contributed by atoms with E-state index in [-0.39, 0.29) is 18.2 Å². The first-order valence-corrected chi connectivity index (χ1v) is 10.6. The number of carbonyl (C=O) groups excluding carboxylic acids is 2. The van der Waals surface area contributed by atoms with Gasteiger partial charge in [-0.05, 0) is 55.0 Å². The predicted octanol–water partition coefficient (Wildman–Crippen LogP) is 2.89. The van der Waals surface area contributed by atoms with Crippen molar-refractivity contribution in [1.82, 2.24) is 15.5 Å². The second kappa shape index (κ2) is 10.8. The highest BCUT2D eigenvalue weighted by Crippen LogP contribution is 2.19. The van der Waals surface area contributed by atoms with E-state index in [1.165, 1.54) is 17.4 Å². The van der Waals surface area contributed by atoms with Crippen molar-refractivity contribution in [2.24, 2.45) is 5.92 Å². The highest BCUT2D eigenvalue weighted by Gasteiger charge is 2.20. The lowest BCUT2D eigenvalue weighted by Gasteiger charge is -2.32. The summed E-state index contributed by atoms with van der Waals surface area (Å²) in [5, 5.41) is 7.84. The number of amides is 2. The van der Waals surface area contributed by atoms with Gasteiger partial charge in [-0.3, -0.25) is 14.5 Å². The predicted molar refractivity (Wildman–Crippen MR) is 111 cm³/mol. The number of rotatable bonds is 9. The third kappa shape index (κ3) is 6.98. The Balaban J connectivity index is 1.29. The molecular weight excluding hydrogens is 374 g/mol. The number of carbonyl (C=O) groups is 2. The van der Waals surface area contributed by atoms with Gasteiger partial charge in [-0.25, -0.2) is 0 Å². The average Bonchev–Trinajstić information content (AvgIpc) is 3.39. The normalized spacial score (nSPS) is 17.6. The summed E-state index contributed by atoms with van der Waals surface area (Å²) in [6.45, 7) is 4.17. The van der Waals surface area contributed by atoms with Crippen molar-refractivity contribution >= 4 is 29.2 Å². The molecule has 1 atom stereocenters. The molecule has 7 heteroatoms. The fourth-order valence-electron chi connectivity index (χ4n) is 3.33. The molecule has 0 aromatic carbocycles. The Hall–Kier alpha value is -2.38. The minimum absolute atomic E-state index is 0.0225. The second-order valence-electron chi connectivity index (χ2n) is 7.02. The standard InChI is InChI=1S/C21H27N3O3S/c25-20(8-7-18-5-2-12-27-18)22-10-9-21(26)23-14-17-4-1-11-24(15-17)16-19-6-3-13-28-19/h2-3,5-8,12-13,17H,1,4,9-11,14-16H2,(H,22,25)(H,23,26)/b8-7+. The second-order valence-corrected chi connectivity index (χ2v) is 8.05. The van der Waals surface area contributed by atoms with Crippen molar-refractivity contribution in [3.05, 3.63) is 52.6 Å². The van der Waals surface area contributed by atoms with Gasteiger partial charge in [0.15, 0.2) is 0 Å². The number of piperidine rings is 1. The smallest absolute Gasteiger partial charge is 0.244 e. The van der Waals surface area contributed by atoms with E-state index in [1.54, 1.807) is 35.8 Å². The molecule has 1 saturated heterocycles. The van der Waals surface area contributed by atoms with Crippen molar-refractivity contribution in [3.8, 4) is 0 Å². The number of furan rings is 1. The lowest BCUT2D eigenvalue weighted by Crippen LogP contribution is -2.41. The molecule has 150 valence electrons. The first-order valence-electron chi connectivity index (χ1n) is 9.70. The van der Waals surface area contributed by atoms with E-state index in [4.69, 9.17) is 4.42 Å². The molecular formula is C21H27N3O3S. The minimum atomic E-state index is -0.235. The van der Waals surface area contributed by atoms with Crippen molar-refractivity contribution < 1.29 is 14.0 Å². The van der Waals surface area contributed by atoms with Crippen molar-refractivity contribution in [1.29, 1.82) is 0 Å². The van der Waals surface area contributed by atoms with Crippen LogP contribution in [0.2, 0.25) is 0 Å². The summed E-state index contributed by atoms with van der Waals surface area (Å²) in [5.74, 6) is 0.850. The summed E-state index contributed by atoms with van der Waals surface area (Å²) >= 11 is 1.79. The van der Waals surface area contributed by atoms with Crippen LogP contribution in [-0.2, 0) is 16.1 Å². The molecule has 2 amide bonds. The monoisotopic (exact) mass is 401 g/mol. The maximum Gasteiger partial charge on any atom is 0.244 e. The van der Waals surface area contributed by atoms with Gasteiger partial charge >= 0.3 is 0 Å². The Morgan fingerprint density at radius 3 is 3.00 bits per heavy atom. The number of likely N-dealkylation sites (tertiary alicyclic amines) is 1. The number of nitrogens with one attached hydrogen (secondary N) is 2. The largest absolute Gasteiger partial charge is 0.465 e. The molecule has 0 saturated carbocycles. The zero-order chi connectivity index (χ0) is 19.6. The number of thiophene rings is 1. The SMILES string of the molecule is O=C(/C=C/c1ccco1)NCCC(=O)NCC1CCCN(Cc2cccs2)C1. The highest BCUT2D eigenvalue weighted by molar-refractivity contribution is 7.09. The topological polar surface area (TPSA) is 74.6 Å². The molecule has 1 aliphatic heterocycles. The van der Waals surface area contributed by atoms with Gasteiger partial charge < -0.3 is 15.1 Å². The number of hydrogen-bond acceptors (Lipinski definition) is 5. The average molecular weight is 402 g/mol. The van der Waals surface area contributed by atoms with Crippen LogP contribution in [0.25, 0.3) is 6.08 Å². The maximum absolute atomic E-state index is 12.0. The van der Waals surface area contributed by atoms with E-state index < -0.39 is 0 Å². The van der Waals surface area contributed by atoms with Crippen LogP contribution in [0.3, 0.4) is 0 Å². The lowest BCUT2D eigenvalue weighted by atomic mass is 9.98. The molecule has 1 fully saturated rings.